The number of nitrogens with one attached hydrogen (secondary N) is 2. The van der Waals surface area contributed by atoms with E-state index in [1.807, 2.05) is 69.1 Å². The highest BCUT2D eigenvalue weighted by Crippen LogP contribution is 2.67. The number of para-hydroxylation sites is 1. The van der Waals surface area contributed by atoms with Gasteiger partial charge in [-0.3, -0.25) is 19.9 Å². The average molecular weight is 912 g/mol. The Labute approximate surface area is 387 Å². The van der Waals surface area contributed by atoms with Gasteiger partial charge in [-0.1, -0.05) is 58.0 Å². The van der Waals surface area contributed by atoms with Gasteiger partial charge in [-0.05, 0) is 87.6 Å². The van der Waals surface area contributed by atoms with Crippen LogP contribution in [-0.2, 0) is 41.1 Å². The Bertz CT molecular complexity index is 2420. The van der Waals surface area contributed by atoms with E-state index in [1.54, 1.807) is 21.0 Å². The van der Waals surface area contributed by atoms with Gasteiger partial charge in [-0.2, -0.15) is 0 Å². The average Bonchev–Trinajstić information content (AvgIpc) is 3.97. The highest BCUT2D eigenvalue weighted by atomic mass is 16.6. The molecule has 3 aromatic rings. The highest BCUT2D eigenvalue weighted by Gasteiger charge is 2.77. The lowest BCUT2D eigenvalue weighted by Gasteiger charge is -2.63. The maximum atomic E-state index is 15.4. The number of esters is 2. The molecule has 66 heavy (non-hydrogen) atoms. The molecule has 6 heterocycles. The standard InChI is InChI=1S/C51H69N5O10/c1-9-30(5)39(41(57)65-12-4)66-46(60)53-51(62)43-49(20-23-56-21-15-19-48(11-3,42(49)56)44(51)58)34-24-35(38(63-7)25-37(34)54(43)6)50(45(59)64-8)27-31-26-47(61,10-2)29-55(28-31)22-18-33-32-16-13-14-17-36(32)52-40(33)50/h13-17,19,24-25,30-31,39,42-44,52,58,61-62H,9-12,18,20-23,26-29H2,1-8H3,(H,53,60)/t30-,31+,39-,42-,43+,44+,47-,48+,49+,50-,51-/m0/s1. The first-order chi connectivity index (χ1) is 31.6. The quantitative estimate of drug-likeness (QED) is 0.0758. The number of carbonyl (C=O) groups excluding carboxylic acids is 3. The Hall–Kier alpha value is -4.67. The summed E-state index contributed by atoms with van der Waals surface area (Å²) in [4.78, 5) is 53.3. The number of amides is 1. The first kappa shape index (κ1) is 46.4. The van der Waals surface area contributed by atoms with Crippen molar-refractivity contribution in [2.45, 2.75) is 126 Å². The largest absolute Gasteiger partial charge is 0.496 e. The van der Waals surface area contributed by atoms with E-state index in [0.29, 0.717) is 89.0 Å². The summed E-state index contributed by atoms with van der Waals surface area (Å²) in [5.74, 6) is -1.22. The van der Waals surface area contributed by atoms with Gasteiger partial charge >= 0.3 is 18.0 Å². The van der Waals surface area contributed by atoms with Crippen LogP contribution in [0, 0.1) is 17.3 Å². The van der Waals surface area contributed by atoms with E-state index in [0.717, 1.165) is 33.4 Å². The Balaban J connectivity index is 1.28. The molecular weight excluding hydrogens is 843 g/mol. The summed E-state index contributed by atoms with van der Waals surface area (Å²) < 4.78 is 23.6. The number of hydrogen-bond donors (Lipinski definition) is 5. The molecule has 2 saturated heterocycles. The van der Waals surface area contributed by atoms with Crippen LogP contribution in [0.4, 0.5) is 10.5 Å². The molecule has 6 aliphatic rings. The Morgan fingerprint density at radius 1 is 1.00 bits per heavy atom. The first-order valence-corrected chi connectivity index (χ1v) is 24.1. The molecule has 5 N–H and O–H groups in total. The van der Waals surface area contributed by atoms with Gasteiger partial charge in [-0.15, -0.1) is 0 Å². The van der Waals surface area contributed by atoms with Crippen molar-refractivity contribution in [1.82, 2.24) is 20.1 Å². The minimum Gasteiger partial charge on any atom is -0.496 e. The van der Waals surface area contributed by atoms with Crippen LogP contribution in [0.25, 0.3) is 10.9 Å². The van der Waals surface area contributed by atoms with Gasteiger partial charge in [0.15, 0.2) is 5.72 Å². The van der Waals surface area contributed by atoms with Crippen LogP contribution >= 0.6 is 0 Å². The van der Waals surface area contributed by atoms with Crippen molar-refractivity contribution in [3.63, 3.8) is 0 Å². The maximum absolute atomic E-state index is 15.4. The normalized spacial score (nSPS) is 35.3. The molecule has 2 aromatic carbocycles. The number of benzene rings is 2. The third kappa shape index (κ3) is 6.57. The molecular formula is C51H69N5O10. The van der Waals surface area contributed by atoms with Gasteiger partial charge in [0.2, 0.25) is 6.10 Å². The summed E-state index contributed by atoms with van der Waals surface area (Å²) >= 11 is 0. The summed E-state index contributed by atoms with van der Waals surface area (Å²) in [6.07, 6.45) is 3.70. The van der Waals surface area contributed by atoms with E-state index in [2.05, 4.69) is 32.2 Å². The molecule has 1 unspecified atom stereocenters. The molecule has 358 valence electrons. The van der Waals surface area contributed by atoms with Crippen LogP contribution in [0.5, 0.6) is 5.75 Å². The highest BCUT2D eigenvalue weighted by molar-refractivity contribution is 5.94. The number of methoxy groups -OCH3 is 2. The van der Waals surface area contributed by atoms with E-state index in [-0.39, 0.29) is 18.6 Å². The number of fused-ring (bicyclic) bond motifs is 6. The van der Waals surface area contributed by atoms with Crippen LogP contribution in [0.1, 0.15) is 95.5 Å². The molecule has 2 bridgehead atoms. The van der Waals surface area contributed by atoms with Gasteiger partial charge in [-0.25, -0.2) is 9.59 Å². The number of hydrogen-bond acceptors (Lipinski definition) is 13. The molecule has 5 aliphatic heterocycles. The summed E-state index contributed by atoms with van der Waals surface area (Å²) in [5, 5.41) is 42.3. The minimum absolute atomic E-state index is 0.0979. The molecule has 1 aliphatic carbocycles. The van der Waals surface area contributed by atoms with Crippen molar-refractivity contribution in [1.29, 1.82) is 0 Å². The summed E-state index contributed by atoms with van der Waals surface area (Å²) in [6, 6.07) is 10.8. The number of piperidine rings is 1. The predicted molar refractivity (Wildman–Crippen MR) is 248 cm³/mol. The molecule has 1 amide bonds. The molecule has 12 atom stereocenters. The Morgan fingerprint density at radius 2 is 1.77 bits per heavy atom. The molecule has 1 spiro atoms. The van der Waals surface area contributed by atoms with Crippen molar-refractivity contribution < 1.29 is 48.7 Å². The zero-order valence-corrected chi connectivity index (χ0v) is 39.8. The van der Waals surface area contributed by atoms with Gasteiger partial charge < -0.3 is 44.2 Å². The summed E-state index contributed by atoms with van der Waals surface area (Å²) in [5.41, 5.74) is -1.94. The smallest absolute Gasteiger partial charge is 0.410 e. The van der Waals surface area contributed by atoms with Gasteiger partial charge in [0.05, 0.1) is 32.5 Å². The number of aliphatic hydroxyl groups excluding tert-OH is 1. The van der Waals surface area contributed by atoms with Crippen molar-refractivity contribution >= 4 is 34.6 Å². The van der Waals surface area contributed by atoms with E-state index >= 15 is 4.79 Å². The zero-order chi connectivity index (χ0) is 47.1. The number of aliphatic hydroxyl groups is 3. The number of ether oxygens (including phenoxy) is 4. The van der Waals surface area contributed by atoms with E-state index in [4.69, 9.17) is 18.9 Å². The maximum Gasteiger partial charge on any atom is 0.410 e. The number of carbonyl (C=O) groups is 3. The number of likely N-dealkylation sites (N-methyl/N-ethyl adjacent to an activating group) is 1. The molecule has 1 saturated carbocycles. The molecule has 3 fully saturated rings. The zero-order valence-electron chi connectivity index (χ0n) is 39.8. The van der Waals surface area contributed by atoms with Crippen LogP contribution in [0.15, 0.2) is 48.6 Å². The monoisotopic (exact) mass is 912 g/mol. The topological polar surface area (TPSA) is 186 Å². The second-order valence-corrected chi connectivity index (χ2v) is 20.2. The lowest BCUT2D eigenvalue weighted by atomic mass is 9.49. The Morgan fingerprint density at radius 3 is 2.47 bits per heavy atom. The second kappa shape index (κ2) is 16.8. The summed E-state index contributed by atoms with van der Waals surface area (Å²) in [6.45, 7) is 12.7. The van der Waals surface area contributed by atoms with E-state index < -0.39 is 69.8 Å². The van der Waals surface area contributed by atoms with Crippen LogP contribution < -0.4 is 15.0 Å². The minimum atomic E-state index is -2.34. The van der Waals surface area contributed by atoms with Crippen LogP contribution in [0.3, 0.4) is 0 Å². The third-order valence-electron chi connectivity index (χ3n) is 17.1. The van der Waals surface area contributed by atoms with Crippen LogP contribution in [0.2, 0.25) is 0 Å². The van der Waals surface area contributed by atoms with Crippen LogP contribution in [-0.4, -0.2) is 144 Å². The van der Waals surface area contributed by atoms with E-state index in [1.165, 1.54) is 7.11 Å². The fraction of sp³-hybridized carbons (Fsp3) is 0.627. The van der Waals surface area contributed by atoms with Crippen molar-refractivity contribution in [3.05, 3.63) is 70.9 Å². The number of rotatable bonds is 11. The number of nitrogens with zero attached hydrogens (tertiary/aromatic N) is 3. The fourth-order valence-electron chi connectivity index (χ4n) is 14.1. The lowest BCUT2D eigenvalue weighted by molar-refractivity contribution is -0.210. The van der Waals surface area contributed by atoms with Gasteiger partial charge in [0.25, 0.3) is 0 Å². The number of alkyl carbamates (subject to hydrolysis) is 1. The van der Waals surface area contributed by atoms with Crippen molar-refractivity contribution in [3.8, 4) is 5.75 Å². The number of aromatic nitrogens is 1. The molecule has 15 nitrogen and oxygen atoms in total. The molecule has 1 aromatic heterocycles. The second-order valence-electron chi connectivity index (χ2n) is 20.2. The number of aromatic amines is 1. The first-order valence-electron chi connectivity index (χ1n) is 24.1. The molecule has 0 radical (unpaired) electrons. The fourth-order valence-corrected chi connectivity index (χ4v) is 14.1. The van der Waals surface area contributed by atoms with Gasteiger partial charge in [0, 0.05) is 89.9 Å². The van der Waals surface area contributed by atoms with Gasteiger partial charge in [0.1, 0.15) is 17.3 Å². The van der Waals surface area contributed by atoms with Crippen molar-refractivity contribution in [2.75, 3.05) is 65.5 Å². The predicted octanol–water partition coefficient (Wildman–Crippen LogP) is 4.91. The number of H-pyrrole nitrogens is 1. The third-order valence-corrected chi connectivity index (χ3v) is 17.1. The Kier molecular flexibility index (Phi) is 11.8. The lowest BCUT2D eigenvalue weighted by Crippen LogP contribution is -2.82. The molecule has 15 heteroatoms. The van der Waals surface area contributed by atoms with E-state index in [9.17, 15) is 24.9 Å². The molecule has 9 rings (SSSR count). The summed E-state index contributed by atoms with van der Waals surface area (Å²) in [7, 11) is 4.88. The van der Waals surface area contributed by atoms with Crippen molar-refractivity contribution in [2.24, 2.45) is 17.3 Å². The SMILES string of the molecule is CCOC(=O)[C@@H](OC(=O)N[C@@]1(O)[C@H](O)[C@]2(CC)C=CCN3CC[C@@]4(c5cc([C@@]6(C(=O)OC)C[C@@H]7CN(CCc8c6[nH]c6ccccc86)C[C@](O)(CC)C7)c(OC)cc5N(C)[C@@H]14)[C@@H]32)[C@@H](C)CC. The number of anilines is 1.